The maximum Gasteiger partial charge on any atom is 0.228 e. The normalized spacial score (nSPS) is 21.6. The van der Waals surface area contributed by atoms with E-state index in [9.17, 15) is 0 Å². The average Bonchev–Trinajstić information content (AvgIpc) is 2.49. The molecule has 1 aromatic heterocycles. The van der Waals surface area contributed by atoms with E-state index in [1.165, 1.54) is 12.8 Å². The molecule has 5 heteroatoms. The number of nitrogen functional groups attached to an aromatic ring is 1. The highest BCUT2D eigenvalue weighted by molar-refractivity contribution is 9.10. The lowest BCUT2D eigenvalue weighted by molar-refractivity contribution is 0.716. The molecule has 0 bridgehead atoms. The summed E-state index contributed by atoms with van der Waals surface area (Å²) in [6, 6.07) is 2.23. The molecule has 2 heterocycles. The maximum atomic E-state index is 5.66. The Labute approximate surface area is 91.7 Å². The predicted octanol–water partition coefficient (Wildman–Crippen LogP) is 1.81. The lowest BCUT2D eigenvalue weighted by Gasteiger charge is -2.21. The van der Waals surface area contributed by atoms with Crippen LogP contribution in [-0.2, 0) is 0 Å². The van der Waals surface area contributed by atoms with Crippen molar-refractivity contribution >= 4 is 27.7 Å². The SMILES string of the molecule is CC1CCCN1c1nc(N)cc(Br)n1. The number of nitrogens with two attached hydrogens (primary N) is 1. The van der Waals surface area contributed by atoms with E-state index in [2.05, 4.69) is 37.7 Å². The van der Waals surface area contributed by atoms with E-state index < -0.39 is 0 Å². The van der Waals surface area contributed by atoms with Crippen LogP contribution >= 0.6 is 15.9 Å². The highest BCUT2D eigenvalue weighted by atomic mass is 79.9. The lowest BCUT2D eigenvalue weighted by Crippen LogP contribution is -2.28. The molecule has 0 saturated carbocycles. The van der Waals surface area contributed by atoms with Gasteiger partial charge in [-0.1, -0.05) is 0 Å². The molecule has 1 aromatic rings. The Morgan fingerprint density at radius 1 is 1.57 bits per heavy atom. The van der Waals surface area contributed by atoms with Crippen molar-refractivity contribution in [2.45, 2.75) is 25.8 Å². The molecule has 0 aromatic carbocycles. The summed E-state index contributed by atoms with van der Waals surface area (Å²) < 4.78 is 0.749. The molecular formula is C9H13BrN4. The smallest absolute Gasteiger partial charge is 0.228 e. The van der Waals surface area contributed by atoms with Gasteiger partial charge in [-0.2, -0.15) is 4.98 Å². The molecular weight excluding hydrogens is 244 g/mol. The van der Waals surface area contributed by atoms with Crippen molar-refractivity contribution in [3.8, 4) is 0 Å². The zero-order valence-electron chi connectivity index (χ0n) is 8.07. The second-order valence-corrected chi connectivity index (χ2v) is 4.41. The number of hydrogen-bond donors (Lipinski definition) is 1. The van der Waals surface area contributed by atoms with Gasteiger partial charge >= 0.3 is 0 Å². The summed E-state index contributed by atoms with van der Waals surface area (Å²) in [5, 5.41) is 0. The van der Waals surface area contributed by atoms with Crippen LogP contribution < -0.4 is 10.6 Å². The van der Waals surface area contributed by atoms with Gasteiger partial charge in [-0.15, -0.1) is 0 Å². The third-order valence-corrected chi connectivity index (χ3v) is 2.92. The van der Waals surface area contributed by atoms with Crippen molar-refractivity contribution in [3.05, 3.63) is 10.7 Å². The van der Waals surface area contributed by atoms with Gasteiger partial charge in [0, 0.05) is 18.7 Å². The summed E-state index contributed by atoms with van der Waals surface area (Å²) in [6.07, 6.45) is 2.41. The molecule has 4 nitrogen and oxygen atoms in total. The van der Waals surface area contributed by atoms with Crippen LogP contribution in [0.3, 0.4) is 0 Å². The highest BCUT2D eigenvalue weighted by Gasteiger charge is 2.22. The topological polar surface area (TPSA) is 55.0 Å². The summed E-state index contributed by atoms with van der Waals surface area (Å²) >= 11 is 3.32. The molecule has 1 atom stereocenters. The van der Waals surface area contributed by atoms with Crippen LogP contribution in [0, 0.1) is 0 Å². The number of aromatic nitrogens is 2. The molecule has 1 unspecified atom stereocenters. The molecule has 0 amide bonds. The van der Waals surface area contributed by atoms with Gasteiger partial charge in [-0.25, -0.2) is 4.98 Å². The molecule has 1 saturated heterocycles. The van der Waals surface area contributed by atoms with Crippen LogP contribution in [0.25, 0.3) is 0 Å². The van der Waals surface area contributed by atoms with Crippen molar-refractivity contribution in [2.75, 3.05) is 17.2 Å². The summed E-state index contributed by atoms with van der Waals surface area (Å²) in [4.78, 5) is 10.7. The Hall–Kier alpha value is -0.840. The fraction of sp³-hybridized carbons (Fsp3) is 0.556. The van der Waals surface area contributed by atoms with Crippen molar-refractivity contribution in [1.29, 1.82) is 0 Å². The van der Waals surface area contributed by atoms with Crippen LogP contribution in [0.1, 0.15) is 19.8 Å². The van der Waals surface area contributed by atoms with E-state index in [1.54, 1.807) is 6.07 Å². The number of nitrogens with zero attached hydrogens (tertiary/aromatic N) is 3. The molecule has 0 radical (unpaired) electrons. The first kappa shape index (κ1) is 9.71. The van der Waals surface area contributed by atoms with Crippen LogP contribution in [0.5, 0.6) is 0 Å². The second-order valence-electron chi connectivity index (χ2n) is 3.60. The standard InChI is InChI=1S/C9H13BrN4/c1-6-3-2-4-14(6)9-12-7(10)5-8(11)13-9/h5-6H,2-4H2,1H3,(H2,11,12,13). The molecule has 2 N–H and O–H groups in total. The van der Waals surface area contributed by atoms with Gasteiger partial charge in [-0.05, 0) is 35.7 Å². The fourth-order valence-electron chi connectivity index (χ4n) is 1.78. The van der Waals surface area contributed by atoms with Gasteiger partial charge in [0.2, 0.25) is 5.95 Å². The van der Waals surface area contributed by atoms with Crippen molar-refractivity contribution < 1.29 is 0 Å². The van der Waals surface area contributed by atoms with Gasteiger partial charge < -0.3 is 10.6 Å². The van der Waals surface area contributed by atoms with E-state index in [1.807, 2.05) is 0 Å². The van der Waals surface area contributed by atoms with Crippen LogP contribution in [0.2, 0.25) is 0 Å². The van der Waals surface area contributed by atoms with E-state index in [0.717, 1.165) is 17.1 Å². The molecule has 0 spiro atoms. The van der Waals surface area contributed by atoms with Gasteiger partial charge in [0.05, 0.1) is 0 Å². The van der Waals surface area contributed by atoms with Gasteiger partial charge in [0.15, 0.2) is 0 Å². The molecule has 2 rings (SSSR count). The quantitative estimate of drug-likeness (QED) is 0.779. The van der Waals surface area contributed by atoms with Gasteiger partial charge in [0.25, 0.3) is 0 Å². The van der Waals surface area contributed by atoms with Crippen molar-refractivity contribution in [2.24, 2.45) is 0 Å². The average molecular weight is 257 g/mol. The largest absolute Gasteiger partial charge is 0.383 e. The zero-order valence-corrected chi connectivity index (χ0v) is 9.66. The van der Waals surface area contributed by atoms with E-state index in [-0.39, 0.29) is 0 Å². The van der Waals surface area contributed by atoms with Crippen LogP contribution in [0.15, 0.2) is 10.7 Å². The molecule has 0 aliphatic carbocycles. The number of anilines is 2. The van der Waals surface area contributed by atoms with Gasteiger partial charge in [0.1, 0.15) is 10.4 Å². The van der Waals surface area contributed by atoms with Crippen molar-refractivity contribution in [1.82, 2.24) is 9.97 Å². The Morgan fingerprint density at radius 3 is 2.93 bits per heavy atom. The number of rotatable bonds is 1. The maximum absolute atomic E-state index is 5.66. The zero-order chi connectivity index (χ0) is 10.1. The van der Waals surface area contributed by atoms with Gasteiger partial charge in [-0.3, -0.25) is 0 Å². The minimum atomic E-state index is 0.515. The third kappa shape index (κ3) is 1.82. The summed E-state index contributed by atoms with van der Waals surface area (Å²) in [5.74, 6) is 1.25. The van der Waals surface area contributed by atoms with E-state index in [0.29, 0.717) is 11.9 Å². The molecule has 14 heavy (non-hydrogen) atoms. The first-order valence-electron chi connectivity index (χ1n) is 4.73. The van der Waals surface area contributed by atoms with E-state index >= 15 is 0 Å². The Morgan fingerprint density at radius 2 is 2.36 bits per heavy atom. The third-order valence-electron chi connectivity index (χ3n) is 2.51. The minimum absolute atomic E-state index is 0.515. The summed E-state index contributed by atoms with van der Waals surface area (Å²) in [7, 11) is 0. The number of halogens is 1. The van der Waals surface area contributed by atoms with Crippen LogP contribution in [0.4, 0.5) is 11.8 Å². The van der Waals surface area contributed by atoms with Crippen molar-refractivity contribution in [3.63, 3.8) is 0 Å². The highest BCUT2D eigenvalue weighted by Crippen LogP contribution is 2.24. The molecule has 1 aliphatic rings. The summed E-state index contributed by atoms with van der Waals surface area (Å²) in [5.41, 5.74) is 5.66. The molecule has 1 aliphatic heterocycles. The number of hydrogen-bond acceptors (Lipinski definition) is 4. The first-order valence-corrected chi connectivity index (χ1v) is 5.53. The lowest BCUT2D eigenvalue weighted by atomic mass is 10.2. The predicted molar refractivity (Wildman–Crippen MR) is 60.2 cm³/mol. The first-order chi connectivity index (χ1) is 6.66. The molecule has 1 fully saturated rings. The Kier molecular flexibility index (Phi) is 2.58. The van der Waals surface area contributed by atoms with Crippen LogP contribution in [-0.4, -0.2) is 22.6 Å². The second kappa shape index (κ2) is 3.73. The Bertz CT molecular complexity index is 321. The Balaban J connectivity index is 2.31. The summed E-state index contributed by atoms with van der Waals surface area (Å²) in [6.45, 7) is 3.21. The minimum Gasteiger partial charge on any atom is -0.383 e. The monoisotopic (exact) mass is 256 g/mol. The van der Waals surface area contributed by atoms with E-state index in [4.69, 9.17) is 5.73 Å². The molecule has 76 valence electrons. The fourth-order valence-corrected chi connectivity index (χ4v) is 2.17.